The fraction of sp³-hybridized carbons (Fsp3) is 0.217. The Kier molecular flexibility index (Phi) is 5.05. The van der Waals surface area contributed by atoms with E-state index in [-0.39, 0.29) is 12.0 Å². The van der Waals surface area contributed by atoms with Crippen LogP contribution < -0.4 is 11.1 Å². The number of anilines is 2. The number of fused-ring (bicyclic) bond motifs is 1. The summed E-state index contributed by atoms with van der Waals surface area (Å²) in [6.07, 6.45) is 4.25. The van der Waals surface area contributed by atoms with E-state index in [0.717, 1.165) is 35.5 Å². The lowest BCUT2D eigenvalue weighted by molar-refractivity contribution is 0.817. The predicted octanol–water partition coefficient (Wildman–Crippen LogP) is 5.52. The lowest BCUT2D eigenvalue weighted by Gasteiger charge is -2.17. The highest BCUT2D eigenvalue weighted by Crippen LogP contribution is 2.32. The first-order valence-electron chi connectivity index (χ1n) is 9.45. The van der Waals surface area contributed by atoms with Crippen molar-refractivity contribution in [1.82, 2.24) is 9.97 Å². The number of halogens is 1. The zero-order chi connectivity index (χ0) is 19.7. The molecule has 4 nitrogen and oxygen atoms in total. The zero-order valence-corrected chi connectivity index (χ0v) is 16.8. The van der Waals surface area contributed by atoms with E-state index in [1.807, 2.05) is 31.2 Å². The van der Waals surface area contributed by atoms with E-state index < -0.39 is 0 Å². The van der Waals surface area contributed by atoms with Crippen LogP contribution in [0.3, 0.4) is 0 Å². The first-order valence-corrected chi connectivity index (χ1v) is 9.83. The van der Waals surface area contributed by atoms with Crippen molar-refractivity contribution in [2.24, 2.45) is 0 Å². The first-order chi connectivity index (χ1) is 13.5. The standard InChI is InChI=1S/C23H23ClN4/c1-14(12-17-11-10-16-6-3-4-7-19(16)17)26-22-13-21(27-23(25)28-22)18-8-5-9-20(24)15(18)2/h3-9,11,13-14H,10,12H2,1-2H3,(H3,25,26,27,28). The summed E-state index contributed by atoms with van der Waals surface area (Å²) in [5.41, 5.74) is 12.8. The number of allylic oxidation sites excluding steroid dienone is 1. The van der Waals surface area contributed by atoms with Crippen molar-refractivity contribution in [3.8, 4) is 11.3 Å². The zero-order valence-electron chi connectivity index (χ0n) is 16.0. The van der Waals surface area contributed by atoms with Crippen molar-refractivity contribution in [2.75, 3.05) is 11.1 Å². The van der Waals surface area contributed by atoms with Gasteiger partial charge >= 0.3 is 0 Å². The Morgan fingerprint density at radius 3 is 2.75 bits per heavy atom. The maximum atomic E-state index is 6.27. The minimum Gasteiger partial charge on any atom is -0.368 e. The summed E-state index contributed by atoms with van der Waals surface area (Å²) >= 11 is 6.27. The maximum absolute atomic E-state index is 6.27. The Balaban J connectivity index is 1.54. The summed E-state index contributed by atoms with van der Waals surface area (Å²) in [5, 5.41) is 4.19. The average molecular weight is 391 g/mol. The molecule has 4 rings (SSSR count). The third-order valence-electron chi connectivity index (χ3n) is 5.14. The lowest BCUT2D eigenvalue weighted by Crippen LogP contribution is -2.17. The summed E-state index contributed by atoms with van der Waals surface area (Å²) in [6.45, 7) is 4.14. The van der Waals surface area contributed by atoms with Gasteiger partial charge in [-0.05, 0) is 55.0 Å². The molecule has 3 aromatic rings. The van der Waals surface area contributed by atoms with Crippen LogP contribution in [0.4, 0.5) is 11.8 Å². The molecule has 1 aromatic heterocycles. The first kappa shape index (κ1) is 18.5. The smallest absolute Gasteiger partial charge is 0.222 e. The van der Waals surface area contributed by atoms with Gasteiger partial charge in [-0.25, -0.2) is 4.98 Å². The van der Waals surface area contributed by atoms with Gasteiger partial charge in [-0.2, -0.15) is 4.98 Å². The number of aromatic nitrogens is 2. The summed E-state index contributed by atoms with van der Waals surface area (Å²) in [6, 6.07) is 16.5. The number of nitrogen functional groups attached to an aromatic ring is 1. The number of hydrogen-bond acceptors (Lipinski definition) is 4. The molecule has 1 aliphatic carbocycles. The van der Waals surface area contributed by atoms with Gasteiger partial charge in [0.15, 0.2) is 0 Å². The van der Waals surface area contributed by atoms with Crippen LogP contribution in [0.5, 0.6) is 0 Å². The van der Waals surface area contributed by atoms with Gasteiger partial charge in [-0.3, -0.25) is 0 Å². The summed E-state index contributed by atoms with van der Waals surface area (Å²) in [4.78, 5) is 8.78. The molecule has 1 aliphatic rings. The summed E-state index contributed by atoms with van der Waals surface area (Å²) < 4.78 is 0. The molecule has 1 heterocycles. The van der Waals surface area contributed by atoms with Crippen molar-refractivity contribution >= 4 is 28.9 Å². The predicted molar refractivity (Wildman–Crippen MR) is 117 cm³/mol. The topological polar surface area (TPSA) is 63.8 Å². The molecule has 0 bridgehead atoms. The minimum absolute atomic E-state index is 0.208. The number of nitrogens with one attached hydrogen (secondary N) is 1. The third kappa shape index (κ3) is 3.73. The Morgan fingerprint density at radius 2 is 1.89 bits per heavy atom. The molecule has 0 amide bonds. The second-order valence-corrected chi connectivity index (χ2v) is 7.66. The van der Waals surface area contributed by atoms with Crippen LogP contribution in [-0.2, 0) is 6.42 Å². The molecule has 2 aromatic carbocycles. The highest BCUT2D eigenvalue weighted by Gasteiger charge is 2.16. The lowest BCUT2D eigenvalue weighted by atomic mass is 10.0. The van der Waals surface area contributed by atoms with Crippen molar-refractivity contribution < 1.29 is 0 Å². The van der Waals surface area contributed by atoms with Crippen molar-refractivity contribution in [2.45, 2.75) is 32.7 Å². The van der Waals surface area contributed by atoms with Crippen LogP contribution in [0.2, 0.25) is 5.02 Å². The van der Waals surface area contributed by atoms with Gasteiger partial charge in [0, 0.05) is 22.7 Å². The second kappa shape index (κ2) is 7.64. The van der Waals surface area contributed by atoms with E-state index in [0.29, 0.717) is 5.02 Å². The van der Waals surface area contributed by atoms with Gasteiger partial charge in [-0.1, -0.05) is 54.1 Å². The Bertz CT molecular complexity index is 1060. The number of nitrogens with zero attached hydrogens (tertiary/aromatic N) is 2. The molecule has 1 unspecified atom stereocenters. The monoisotopic (exact) mass is 390 g/mol. The molecule has 0 radical (unpaired) electrons. The van der Waals surface area contributed by atoms with Gasteiger partial charge in [0.1, 0.15) is 5.82 Å². The van der Waals surface area contributed by atoms with Crippen LogP contribution in [0, 0.1) is 6.92 Å². The fourth-order valence-corrected chi connectivity index (χ4v) is 3.92. The van der Waals surface area contributed by atoms with Gasteiger partial charge in [-0.15, -0.1) is 0 Å². The largest absolute Gasteiger partial charge is 0.368 e. The third-order valence-corrected chi connectivity index (χ3v) is 5.55. The molecular weight excluding hydrogens is 368 g/mol. The van der Waals surface area contributed by atoms with Crippen molar-refractivity contribution in [3.05, 3.63) is 76.3 Å². The molecule has 0 spiro atoms. The van der Waals surface area contributed by atoms with E-state index >= 15 is 0 Å². The normalized spacial score (nSPS) is 13.8. The van der Waals surface area contributed by atoms with Crippen LogP contribution in [-0.4, -0.2) is 16.0 Å². The van der Waals surface area contributed by atoms with E-state index in [4.69, 9.17) is 17.3 Å². The average Bonchev–Trinajstić information content (AvgIpc) is 3.06. The Labute approximate surface area is 170 Å². The van der Waals surface area contributed by atoms with Crippen LogP contribution in [0.15, 0.2) is 54.6 Å². The maximum Gasteiger partial charge on any atom is 0.222 e. The number of nitrogens with two attached hydrogens (primary N) is 1. The van der Waals surface area contributed by atoms with Crippen LogP contribution >= 0.6 is 11.6 Å². The fourth-order valence-electron chi connectivity index (χ4n) is 3.74. The molecule has 0 saturated carbocycles. The number of hydrogen-bond donors (Lipinski definition) is 2. The molecule has 3 N–H and O–H groups in total. The molecule has 5 heteroatoms. The molecule has 142 valence electrons. The molecule has 0 saturated heterocycles. The quantitative estimate of drug-likeness (QED) is 0.602. The van der Waals surface area contributed by atoms with E-state index in [1.165, 1.54) is 16.7 Å². The van der Waals surface area contributed by atoms with Crippen molar-refractivity contribution in [3.63, 3.8) is 0 Å². The van der Waals surface area contributed by atoms with Crippen LogP contribution in [0.1, 0.15) is 30.0 Å². The van der Waals surface area contributed by atoms with Crippen molar-refractivity contribution in [1.29, 1.82) is 0 Å². The SMILES string of the molecule is Cc1c(Cl)cccc1-c1cc(NC(C)CC2=CCc3ccccc32)nc(N)n1. The number of rotatable bonds is 5. The minimum atomic E-state index is 0.208. The summed E-state index contributed by atoms with van der Waals surface area (Å²) in [5.74, 6) is 0.971. The Hall–Kier alpha value is -2.85. The van der Waals surface area contributed by atoms with E-state index in [1.54, 1.807) is 0 Å². The highest BCUT2D eigenvalue weighted by atomic mass is 35.5. The second-order valence-electron chi connectivity index (χ2n) is 7.25. The van der Waals surface area contributed by atoms with Crippen LogP contribution in [0.25, 0.3) is 16.8 Å². The molecule has 0 aliphatic heterocycles. The molecule has 1 atom stereocenters. The molecular formula is C23H23ClN4. The van der Waals surface area contributed by atoms with E-state index in [9.17, 15) is 0 Å². The van der Waals surface area contributed by atoms with Gasteiger partial charge < -0.3 is 11.1 Å². The van der Waals surface area contributed by atoms with Gasteiger partial charge in [0.2, 0.25) is 5.95 Å². The highest BCUT2D eigenvalue weighted by molar-refractivity contribution is 6.31. The Morgan fingerprint density at radius 1 is 1.11 bits per heavy atom. The molecule has 0 fully saturated rings. The van der Waals surface area contributed by atoms with E-state index in [2.05, 4.69) is 52.5 Å². The van der Waals surface area contributed by atoms with Gasteiger partial charge in [0.05, 0.1) is 5.69 Å². The van der Waals surface area contributed by atoms with Gasteiger partial charge in [0.25, 0.3) is 0 Å². The summed E-state index contributed by atoms with van der Waals surface area (Å²) in [7, 11) is 0. The number of benzene rings is 2. The molecule has 28 heavy (non-hydrogen) atoms.